The van der Waals surface area contributed by atoms with Crippen LogP contribution in [0.2, 0.25) is 5.02 Å². The number of anilines is 1. The number of rotatable bonds is 7. The summed E-state index contributed by atoms with van der Waals surface area (Å²) in [6.45, 7) is 0.0427. The van der Waals surface area contributed by atoms with Gasteiger partial charge in [-0.15, -0.1) is 0 Å². The Morgan fingerprint density at radius 3 is 2.46 bits per heavy atom. The molecule has 0 radical (unpaired) electrons. The number of amides is 1. The van der Waals surface area contributed by atoms with Crippen LogP contribution < -0.4 is 10.2 Å². The number of carbonyl (C=O) groups is 2. The second-order valence-electron chi connectivity index (χ2n) is 5.80. The zero-order valence-corrected chi connectivity index (χ0v) is 15.5. The maximum atomic E-state index is 11.8. The maximum Gasteiger partial charge on any atom is 0.331 e. The lowest BCUT2D eigenvalue weighted by atomic mass is 10.2. The molecule has 0 bridgehead atoms. The summed E-state index contributed by atoms with van der Waals surface area (Å²) in [5.41, 5.74) is 2.75. The van der Waals surface area contributed by atoms with Crippen molar-refractivity contribution in [2.24, 2.45) is 0 Å². The Bertz CT molecular complexity index is 786. The molecule has 0 fully saturated rings. The van der Waals surface area contributed by atoms with E-state index in [0.29, 0.717) is 17.1 Å². The third-order valence-electron chi connectivity index (χ3n) is 3.59. The first-order valence-corrected chi connectivity index (χ1v) is 8.46. The van der Waals surface area contributed by atoms with Crippen LogP contribution in [-0.4, -0.2) is 32.6 Å². The normalized spacial score (nSPS) is 10.6. The van der Waals surface area contributed by atoms with Crippen molar-refractivity contribution in [1.82, 2.24) is 5.32 Å². The highest BCUT2D eigenvalue weighted by Gasteiger charge is 2.05. The molecule has 1 N–H and O–H groups in total. The minimum absolute atomic E-state index is 0.332. The molecule has 0 aliphatic heterocycles. The van der Waals surface area contributed by atoms with E-state index in [1.807, 2.05) is 49.3 Å². The smallest absolute Gasteiger partial charge is 0.331 e. The molecular weight excluding hydrogens is 352 g/mol. The van der Waals surface area contributed by atoms with Gasteiger partial charge in [0.15, 0.2) is 6.61 Å². The fourth-order valence-electron chi connectivity index (χ4n) is 2.12. The largest absolute Gasteiger partial charge is 0.452 e. The average Bonchev–Trinajstić information content (AvgIpc) is 2.64. The van der Waals surface area contributed by atoms with E-state index in [4.69, 9.17) is 16.3 Å². The number of hydrogen-bond donors (Lipinski definition) is 1. The van der Waals surface area contributed by atoms with Crippen molar-refractivity contribution in [3.63, 3.8) is 0 Å². The molecule has 2 aromatic rings. The van der Waals surface area contributed by atoms with Crippen LogP contribution in [0.5, 0.6) is 0 Å². The molecule has 1 amide bonds. The van der Waals surface area contributed by atoms with Crippen LogP contribution in [0.4, 0.5) is 5.69 Å². The summed E-state index contributed by atoms with van der Waals surface area (Å²) >= 11 is 5.99. The Balaban J connectivity index is 1.74. The van der Waals surface area contributed by atoms with Gasteiger partial charge in [0.05, 0.1) is 0 Å². The van der Waals surface area contributed by atoms with E-state index >= 15 is 0 Å². The van der Waals surface area contributed by atoms with Gasteiger partial charge in [-0.2, -0.15) is 0 Å². The van der Waals surface area contributed by atoms with Gasteiger partial charge in [-0.1, -0.05) is 41.9 Å². The Labute approximate surface area is 158 Å². The zero-order chi connectivity index (χ0) is 18.9. The Morgan fingerprint density at radius 1 is 1.12 bits per heavy atom. The Morgan fingerprint density at radius 2 is 1.81 bits per heavy atom. The summed E-state index contributed by atoms with van der Waals surface area (Å²) in [7, 11) is 3.93. The molecule has 0 heterocycles. The first-order chi connectivity index (χ1) is 12.5. The Kier molecular flexibility index (Phi) is 7.24. The van der Waals surface area contributed by atoms with Gasteiger partial charge in [0.25, 0.3) is 5.91 Å². The third-order valence-corrected chi connectivity index (χ3v) is 3.94. The number of hydrogen-bond acceptors (Lipinski definition) is 4. The molecule has 2 aromatic carbocycles. The summed E-state index contributed by atoms with van der Waals surface area (Å²) in [6.07, 6.45) is 2.79. The van der Waals surface area contributed by atoms with Gasteiger partial charge in [-0.25, -0.2) is 4.79 Å². The van der Waals surface area contributed by atoms with E-state index in [9.17, 15) is 9.59 Å². The second kappa shape index (κ2) is 9.63. The summed E-state index contributed by atoms with van der Waals surface area (Å²) in [6, 6.07) is 14.9. The first kappa shape index (κ1) is 19.5. The van der Waals surface area contributed by atoms with Crippen LogP contribution in [0.1, 0.15) is 11.1 Å². The van der Waals surface area contributed by atoms with E-state index in [0.717, 1.165) is 11.3 Å². The second-order valence-corrected chi connectivity index (χ2v) is 6.21. The molecule has 136 valence electrons. The van der Waals surface area contributed by atoms with Gasteiger partial charge >= 0.3 is 5.97 Å². The third kappa shape index (κ3) is 6.26. The minimum atomic E-state index is -0.601. The van der Waals surface area contributed by atoms with Crippen molar-refractivity contribution < 1.29 is 14.3 Å². The highest BCUT2D eigenvalue weighted by Crippen LogP contribution is 2.16. The summed E-state index contributed by atoms with van der Waals surface area (Å²) in [4.78, 5) is 25.5. The number of halogens is 1. The molecule has 0 saturated carbocycles. The van der Waals surface area contributed by atoms with Crippen LogP contribution in [-0.2, 0) is 20.9 Å². The van der Waals surface area contributed by atoms with E-state index in [1.54, 1.807) is 24.3 Å². The number of nitrogens with zero attached hydrogens (tertiary/aromatic N) is 1. The molecule has 0 atom stereocenters. The van der Waals surface area contributed by atoms with Crippen LogP contribution in [0.15, 0.2) is 54.6 Å². The highest BCUT2D eigenvalue weighted by atomic mass is 35.5. The van der Waals surface area contributed by atoms with Crippen LogP contribution in [0.3, 0.4) is 0 Å². The van der Waals surface area contributed by atoms with Crippen molar-refractivity contribution in [3.05, 3.63) is 70.8 Å². The maximum absolute atomic E-state index is 11.8. The lowest BCUT2D eigenvalue weighted by Crippen LogP contribution is -2.28. The van der Waals surface area contributed by atoms with Gasteiger partial charge in [0.2, 0.25) is 0 Å². The fourth-order valence-corrected chi connectivity index (χ4v) is 2.32. The van der Waals surface area contributed by atoms with Crippen molar-refractivity contribution in [2.45, 2.75) is 6.54 Å². The lowest BCUT2D eigenvalue weighted by Gasteiger charge is -2.12. The zero-order valence-electron chi connectivity index (χ0n) is 14.7. The van der Waals surface area contributed by atoms with Crippen LogP contribution >= 0.6 is 11.6 Å². The van der Waals surface area contributed by atoms with Gasteiger partial charge in [-0.05, 0) is 35.4 Å². The average molecular weight is 373 g/mol. The van der Waals surface area contributed by atoms with Crippen molar-refractivity contribution in [2.75, 3.05) is 25.6 Å². The molecule has 0 unspecified atom stereocenters. The summed E-state index contributed by atoms with van der Waals surface area (Å²) in [5.74, 6) is -0.961. The minimum Gasteiger partial charge on any atom is -0.452 e. The standard InChI is InChI=1S/C20H21ClN2O3/c1-23(2)17-10-7-15(8-11-17)13-22-19(24)14-26-20(25)12-9-16-5-3-4-6-18(16)21/h3-12H,13-14H2,1-2H3,(H,22,24)/b12-9+. The quantitative estimate of drug-likeness (QED) is 0.598. The molecule has 0 aliphatic carbocycles. The fraction of sp³-hybridized carbons (Fsp3) is 0.200. The molecule has 0 saturated heterocycles. The van der Waals surface area contributed by atoms with Gasteiger partial charge in [0, 0.05) is 37.4 Å². The number of ether oxygens (including phenoxy) is 1. The number of nitrogens with one attached hydrogen (secondary N) is 1. The number of benzene rings is 2. The molecule has 0 aliphatic rings. The van der Waals surface area contributed by atoms with Crippen LogP contribution in [0, 0.1) is 0 Å². The molecule has 26 heavy (non-hydrogen) atoms. The van der Waals surface area contributed by atoms with Gasteiger partial charge in [-0.3, -0.25) is 4.79 Å². The van der Waals surface area contributed by atoms with E-state index < -0.39 is 5.97 Å². The van der Waals surface area contributed by atoms with E-state index in [2.05, 4.69) is 5.32 Å². The predicted octanol–water partition coefficient (Wildman–Crippen LogP) is 3.28. The SMILES string of the molecule is CN(C)c1ccc(CNC(=O)COC(=O)/C=C/c2ccccc2Cl)cc1. The number of esters is 1. The summed E-state index contributed by atoms with van der Waals surface area (Å²) in [5, 5.41) is 3.25. The van der Waals surface area contributed by atoms with Crippen LogP contribution in [0.25, 0.3) is 6.08 Å². The predicted molar refractivity (Wildman–Crippen MR) is 104 cm³/mol. The van der Waals surface area contributed by atoms with Crippen molar-refractivity contribution in [1.29, 1.82) is 0 Å². The van der Waals surface area contributed by atoms with E-state index in [-0.39, 0.29) is 12.5 Å². The molecule has 2 rings (SSSR count). The topological polar surface area (TPSA) is 58.6 Å². The van der Waals surface area contributed by atoms with E-state index in [1.165, 1.54) is 6.08 Å². The lowest BCUT2D eigenvalue weighted by molar-refractivity contribution is -0.143. The van der Waals surface area contributed by atoms with Crippen molar-refractivity contribution >= 4 is 35.2 Å². The summed E-state index contributed by atoms with van der Waals surface area (Å²) < 4.78 is 4.92. The molecule has 0 aromatic heterocycles. The van der Waals surface area contributed by atoms with Crippen molar-refractivity contribution in [3.8, 4) is 0 Å². The number of carbonyl (C=O) groups excluding carboxylic acids is 2. The molecule has 6 heteroatoms. The van der Waals surface area contributed by atoms with Gasteiger partial charge < -0.3 is 15.0 Å². The van der Waals surface area contributed by atoms with Gasteiger partial charge in [0.1, 0.15) is 0 Å². The molecule has 0 spiro atoms. The molecular formula is C20H21ClN2O3. The monoisotopic (exact) mass is 372 g/mol. The first-order valence-electron chi connectivity index (χ1n) is 8.08. The molecule has 5 nitrogen and oxygen atoms in total. The highest BCUT2D eigenvalue weighted by molar-refractivity contribution is 6.32. The Hall–Kier alpha value is -2.79.